The first-order chi connectivity index (χ1) is 14.2. The number of nitrogens with zero attached hydrogens (tertiary/aromatic N) is 2. The van der Waals surface area contributed by atoms with Gasteiger partial charge in [0, 0.05) is 41.7 Å². The Bertz CT molecular complexity index is 861. The van der Waals surface area contributed by atoms with Crippen molar-refractivity contribution in [3.05, 3.63) is 42.5 Å². The summed E-state index contributed by atoms with van der Waals surface area (Å²) >= 11 is 1.74. The summed E-state index contributed by atoms with van der Waals surface area (Å²) < 4.78 is 10.4. The number of fused-ring (bicyclic) bond motifs is 2. The molecule has 1 fully saturated rings. The lowest BCUT2D eigenvalue weighted by Crippen LogP contribution is -2.38. The molecule has 2 aliphatic rings. The SMILES string of the molecule is CCOC(=O)Nc1ccc2c(c1)Sc1ccccc1N2CCCN1CCOCC1.Cl. The summed E-state index contributed by atoms with van der Waals surface area (Å²) in [6, 6.07) is 14.6. The Morgan fingerprint density at radius 3 is 2.67 bits per heavy atom. The summed E-state index contributed by atoms with van der Waals surface area (Å²) in [5.41, 5.74) is 3.19. The Morgan fingerprint density at radius 2 is 1.87 bits per heavy atom. The van der Waals surface area contributed by atoms with Crippen LogP contribution in [0, 0.1) is 0 Å². The van der Waals surface area contributed by atoms with Gasteiger partial charge in [-0.2, -0.15) is 0 Å². The molecule has 1 amide bonds. The highest BCUT2D eigenvalue weighted by Crippen LogP contribution is 2.48. The molecule has 0 aliphatic carbocycles. The lowest BCUT2D eigenvalue weighted by atomic mass is 10.2. The average Bonchev–Trinajstić information content (AvgIpc) is 2.74. The Kier molecular flexibility index (Phi) is 8.27. The Morgan fingerprint density at radius 1 is 1.10 bits per heavy atom. The quantitative estimate of drug-likeness (QED) is 0.669. The summed E-state index contributed by atoms with van der Waals surface area (Å²) in [5.74, 6) is 0. The molecule has 2 aromatic rings. The monoisotopic (exact) mass is 449 g/mol. The summed E-state index contributed by atoms with van der Waals surface area (Å²) in [6.45, 7) is 7.89. The topological polar surface area (TPSA) is 54.0 Å². The van der Waals surface area contributed by atoms with Crippen LogP contribution in [-0.4, -0.2) is 57.0 Å². The molecule has 1 N–H and O–H groups in total. The van der Waals surface area contributed by atoms with Gasteiger partial charge >= 0.3 is 6.09 Å². The minimum atomic E-state index is -0.420. The summed E-state index contributed by atoms with van der Waals surface area (Å²) in [4.78, 5) is 19.0. The summed E-state index contributed by atoms with van der Waals surface area (Å²) in [6.07, 6.45) is 0.664. The van der Waals surface area contributed by atoms with Crippen molar-refractivity contribution in [3.63, 3.8) is 0 Å². The number of nitrogens with one attached hydrogen (secondary N) is 1. The highest BCUT2D eigenvalue weighted by Gasteiger charge is 2.23. The van der Waals surface area contributed by atoms with Crippen molar-refractivity contribution in [3.8, 4) is 0 Å². The predicted octanol–water partition coefficient (Wildman–Crippen LogP) is 5.00. The van der Waals surface area contributed by atoms with E-state index >= 15 is 0 Å². The standard InChI is InChI=1S/C22H27N3O3S.ClH/c1-2-28-22(26)23-17-8-9-19-21(16-17)29-20-7-4-3-6-18(20)25(19)11-5-10-24-12-14-27-15-13-24;/h3-4,6-9,16H,2,5,10-15H2,1H3,(H,23,26);1H. The van der Waals surface area contributed by atoms with Gasteiger partial charge in [0.2, 0.25) is 0 Å². The summed E-state index contributed by atoms with van der Waals surface area (Å²) in [5, 5.41) is 2.81. The molecule has 0 aromatic heterocycles. The molecule has 0 unspecified atom stereocenters. The summed E-state index contributed by atoms with van der Waals surface area (Å²) in [7, 11) is 0. The lowest BCUT2D eigenvalue weighted by molar-refractivity contribution is 0.0377. The number of rotatable bonds is 6. The van der Waals surface area contributed by atoms with Crippen molar-refractivity contribution in [2.75, 3.05) is 56.2 Å². The second-order valence-corrected chi connectivity index (χ2v) is 8.14. The van der Waals surface area contributed by atoms with E-state index in [-0.39, 0.29) is 12.4 Å². The number of hydrogen-bond acceptors (Lipinski definition) is 6. The van der Waals surface area contributed by atoms with Crippen LogP contribution in [0.25, 0.3) is 0 Å². The number of ether oxygens (including phenoxy) is 2. The van der Waals surface area contributed by atoms with Crippen molar-refractivity contribution >= 4 is 47.3 Å². The Labute approximate surface area is 188 Å². The number of anilines is 3. The number of carbonyl (C=O) groups is 1. The van der Waals surface area contributed by atoms with Crippen LogP contribution in [0.2, 0.25) is 0 Å². The molecule has 2 aromatic carbocycles. The highest BCUT2D eigenvalue weighted by molar-refractivity contribution is 7.99. The van der Waals surface area contributed by atoms with Gasteiger partial charge < -0.3 is 14.4 Å². The third-order valence-electron chi connectivity index (χ3n) is 5.11. The maximum Gasteiger partial charge on any atom is 0.411 e. The first-order valence-electron chi connectivity index (χ1n) is 10.2. The largest absolute Gasteiger partial charge is 0.450 e. The molecule has 2 aliphatic heterocycles. The minimum absolute atomic E-state index is 0. The van der Waals surface area contributed by atoms with E-state index in [0.29, 0.717) is 6.61 Å². The van der Waals surface area contributed by atoms with Gasteiger partial charge in [-0.3, -0.25) is 10.2 Å². The number of hydrogen-bond donors (Lipinski definition) is 1. The van der Waals surface area contributed by atoms with Gasteiger partial charge in [-0.05, 0) is 43.7 Å². The van der Waals surface area contributed by atoms with E-state index in [2.05, 4.69) is 45.4 Å². The number of morpholine rings is 1. The van der Waals surface area contributed by atoms with Gasteiger partial charge in [-0.25, -0.2) is 4.79 Å². The second-order valence-electron chi connectivity index (χ2n) is 7.06. The van der Waals surface area contributed by atoms with Crippen LogP contribution in [-0.2, 0) is 9.47 Å². The molecular formula is C22H28ClN3O3S. The molecule has 8 heteroatoms. The average molecular weight is 450 g/mol. The molecule has 0 saturated carbocycles. The zero-order valence-corrected chi connectivity index (χ0v) is 18.8. The van der Waals surface area contributed by atoms with E-state index in [9.17, 15) is 4.79 Å². The van der Waals surface area contributed by atoms with Gasteiger partial charge in [-0.1, -0.05) is 23.9 Å². The van der Waals surface area contributed by atoms with E-state index in [1.165, 1.54) is 16.3 Å². The third-order valence-corrected chi connectivity index (χ3v) is 6.22. The molecule has 0 spiro atoms. The van der Waals surface area contributed by atoms with Crippen LogP contribution in [0.5, 0.6) is 0 Å². The number of amides is 1. The number of carbonyl (C=O) groups excluding carboxylic acids is 1. The van der Waals surface area contributed by atoms with Gasteiger partial charge in [0.05, 0.1) is 31.2 Å². The lowest BCUT2D eigenvalue weighted by Gasteiger charge is -2.34. The highest BCUT2D eigenvalue weighted by atomic mass is 35.5. The van der Waals surface area contributed by atoms with Gasteiger partial charge in [0.1, 0.15) is 0 Å². The fourth-order valence-electron chi connectivity index (χ4n) is 3.71. The second kappa shape index (κ2) is 10.9. The first-order valence-corrected chi connectivity index (χ1v) is 11.0. The van der Waals surface area contributed by atoms with Gasteiger partial charge in [0.25, 0.3) is 0 Å². The number of para-hydroxylation sites is 1. The fourth-order valence-corrected chi connectivity index (χ4v) is 4.85. The molecule has 0 bridgehead atoms. The molecule has 6 nitrogen and oxygen atoms in total. The van der Waals surface area contributed by atoms with Crippen LogP contribution >= 0.6 is 24.2 Å². The van der Waals surface area contributed by atoms with Crippen LogP contribution in [0.3, 0.4) is 0 Å². The van der Waals surface area contributed by atoms with Crippen molar-refractivity contribution in [1.82, 2.24) is 4.90 Å². The molecule has 30 heavy (non-hydrogen) atoms. The van der Waals surface area contributed by atoms with Gasteiger partial charge in [-0.15, -0.1) is 12.4 Å². The minimum Gasteiger partial charge on any atom is -0.450 e. The van der Waals surface area contributed by atoms with Crippen LogP contribution in [0.4, 0.5) is 21.9 Å². The van der Waals surface area contributed by atoms with Crippen LogP contribution in [0.15, 0.2) is 52.3 Å². The Hall–Kier alpha value is -1.93. The van der Waals surface area contributed by atoms with E-state index in [1.54, 1.807) is 18.7 Å². The molecule has 4 rings (SSSR count). The van der Waals surface area contributed by atoms with Crippen molar-refractivity contribution in [2.24, 2.45) is 0 Å². The van der Waals surface area contributed by atoms with Crippen molar-refractivity contribution in [2.45, 2.75) is 23.1 Å². The number of benzene rings is 2. The molecule has 162 valence electrons. The Balaban J connectivity index is 0.00000256. The van der Waals surface area contributed by atoms with Crippen LogP contribution < -0.4 is 10.2 Å². The predicted molar refractivity (Wildman–Crippen MR) is 124 cm³/mol. The fraction of sp³-hybridized carbons (Fsp3) is 0.409. The van der Waals surface area contributed by atoms with E-state index in [1.807, 2.05) is 12.1 Å². The van der Waals surface area contributed by atoms with Crippen molar-refractivity contribution in [1.29, 1.82) is 0 Å². The van der Waals surface area contributed by atoms with Crippen molar-refractivity contribution < 1.29 is 14.3 Å². The van der Waals surface area contributed by atoms with E-state index < -0.39 is 6.09 Å². The van der Waals surface area contributed by atoms with E-state index in [4.69, 9.17) is 9.47 Å². The smallest absolute Gasteiger partial charge is 0.411 e. The normalized spacial score (nSPS) is 15.6. The molecule has 0 atom stereocenters. The maximum atomic E-state index is 11.8. The van der Waals surface area contributed by atoms with Crippen LogP contribution in [0.1, 0.15) is 13.3 Å². The molecule has 0 radical (unpaired) electrons. The van der Waals surface area contributed by atoms with Gasteiger partial charge in [0.15, 0.2) is 0 Å². The molecule has 2 heterocycles. The number of halogens is 1. The van der Waals surface area contributed by atoms with E-state index in [0.717, 1.165) is 56.4 Å². The third kappa shape index (κ3) is 5.40. The molecule has 1 saturated heterocycles. The first kappa shape index (κ1) is 22.7. The zero-order chi connectivity index (χ0) is 20.1. The molecular weight excluding hydrogens is 422 g/mol. The maximum absolute atomic E-state index is 11.8. The zero-order valence-electron chi connectivity index (χ0n) is 17.1.